The summed E-state index contributed by atoms with van der Waals surface area (Å²) in [6.07, 6.45) is 8.40. The Kier molecular flexibility index (Phi) is 7.79. The number of hydrogen-bond donors (Lipinski definition) is 1. The fraction of sp³-hybridized carbons (Fsp3) is 0.333. The predicted octanol–water partition coefficient (Wildman–Crippen LogP) is 6.82. The van der Waals surface area contributed by atoms with Crippen LogP contribution in [0, 0.1) is 0 Å². The molecule has 0 spiro atoms. The number of amides is 1. The van der Waals surface area contributed by atoms with Gasteiger partial charge in [-0.15, -0.1) is 11.3 Å². The lowest BCUT2D eigenvalue weighted by Crippen LogP contribution is -2.14. The highest BCUT2D eigenvalue weighted by Crippen LogP contribution is 2.40. The van der Waals surface area contributed by atoms with Gasteiger partial charge in [0.25, 0.3) is 5.91 Å². The smallest absolute Gasteiger partial charge is 0.259 e. The molecule has 6 heteroatoms. The number of carbonyl (C=O) groups is 1. The van der Waals surface area contributed by atoms with Crippen LogP contribution in [-0.4, -0.2) is 25.8 Å². The molecule has 0 radical (unpaired) electrons. The van der Waals surface area contributed by atoms with Gasteiger partial charge in [0.15, 0.2) is 11.5 Å². The summed E-state index contributed by atoms with van der Waals surface area (Å²) >= 11 is 1.64. The van der Waals surface area contributed by atoms with Crippen molar-refractivity contribution in [2.45, 2.75) is 45.4 Å². The first-order chi connectivity index (χ1) is 16.2. The minimum atomic E-state index is -0.0953. The first-order valence-electron chi connectivity index (χ1n) is 11.6. The largest absolute Gasteiger partial charge is 0.493 e. The second-order valence-corrected chi connectivity index (χ2v) is 9.07. The third kappa shape index (κ3) is 5.45. The number of nitrogens with one attached hydrogen (secondary N) is 1. The number of thiophene rings is 1. The Morgan fingerprint density at radius 3 is 2.61 bits per heavy atom. The third-order valence-electron chi connectivity index (χ3n) is 5.75. The summed E-state index contributed by atoms with van der Waals surface area (Å²) in [5.74, 6) is 1.24. The number of anilines is 1. The fourth-order valence-electron chi connectivity index (χ4n) is 4.17. The van der Waals surface area contributed by atoms with Gasteiger partial charge >= 0.3 is 0 Å². The van der Waals surface area contributed by atoms with Crippen molar-refractivity contribution in [3.05, 3.63) is 70.1 Å². The number of aryl methyl sites for hydroxylation is 1. The number of rotatable bonds is 7. The van der Waals surface area contributed by atoms with E-state index < -0.39 is 0 Å². The van der Waals surface area contributed by atoms with Crippen molar-refractivity contribution in [2.24, 2.45) is 4.99 Å². The second kappa shape index (κ2) is 11.1. The van der Waals surface area contributed by atoms with Crippen molar-refractivity contribution >= 4 is 34.1 Å². The first kappa shape index (κ1) is 23.1. The molecule has 1 aliphatic rings. The van der Waals surface area contributed by atoms with E-state index in [1.807, 2.05) is 55.5 Å². The predicted molar refractivity (Wildman–Crippen MR) is 136 cm³/mol. The number of ether oxygens (including phenoxy) is 2. The summed E-state index contributed by atoms with van der Waals surface area (Å²) in [6.45, 7) is 2.47. The van der Waals surface area contributed by atoms with E-state index >= 15 is 0 Å². The maximum atomic E-state index is 13.4. The molecule has 4 rings (SSSR count). The molecule has 0 atom stereocenters. The Bertz CT molecular complexity index is 1120. The van der Waals surface area contributed by atoms with Gasteiger partial charge in [-0.05, 0) is 62.4 Å². The summed E-state index contributed by atoms with van der Waals surface area (Å²) in [5.41, 5.74) is 3.48. The SMILES string of the molecule is CCOc1c(C=Nc2sc3c(c2C(=O)Nc2ccccc2)CCCCCC3)cccc1OC. The van der Waals surface area contributed by atoms with Crippen molar-refractivity contribution in [3.8, 4) is 11.5 Å². The van der Waals surface area contributed by atoms with E-state index in [1.54, 1.807) is 24.7 Å². The highest BCUT2D eigenvalue weighted by atomic mass is 32.1. The number of hydrogen-bond acceptors (Lipinski definition) is 5. The molecular weight excluding hydrogens is 432 g/mol. The average Bonchev–Trinajstić information content (AvgIpc) is 3.15. The Morgan fingerprint density at radius 1 is 1.06 bits per heavy atom. The molecular formula is C27H30N2O3S. The highest BCUT2D eigenvalue weighted by Gasteiger charge is 2.24. The summed E-state index contributed by atoms with van der Waals surface area (Å²) in [6, 6.07) is 15.3. The molecule has 172 valence electrons. The Morgan fingerprint density at radius 2 is 1.85 bits per heavy atom. The van der Waals surface area contributed by atoms with Crippen molar-refractivity contribution in [1.29, 1.82) is 0 Å². The van der Waals surface area contributed by atoms with Gasteiger partial charge in [-0.1, -0.05) is 37.1 Å². The van der Waals surface area contributed by atoms with E-state index in [0.29, 0.717) is 23.7 Å². The van der Waals surface area contributed by atoms with E-state index in [2.05, 4.69) is 5.32 Å². The van der Waals surface area contributed by atoms with Crippen molar-refractivity contribution in [1.82, 2.24) is 0 Å². The van der Waals surface area contributed by atoms with E-state index in [-0.39, 0.29) is 5.91 Å². The molecule has 33 heavy (non-hydrogen) atoms. The molecule has 1 aromatic heterocycles. The zero-order valence-corrected chi connectivity index (χ0v) is 20.0. The number of aliphatic imine (C=N–C) groups is 1. The minimum Gasteiger partial charge on any atom is -0.493 e. The van der Waals surface area contributed by atoms with Gasteiger partial charge in [-0.2, -0.15) is 0 Å². The Balaban J connectivity index is 1.73. The summed E-state index contributed by atoms with van der Waals surface area (Å²) in [7, 11) is 1.63. The molecule has 3 aromatic rings. The van der Waals surface area contributed by atoms with Crippen LogP contribution < -0.4 is 14.8 Å². The molecule has 1 aliphatic carbocycles. The van der Waals surface area contributed by atoms with Crippen LogP contribution in [0.4, 0.5) is 10.7 Å². The van der Waals surface area contributed by atoms with Gasteiger partial charge in [0.1, 0.15) is 5.00 Å². The topological polar surface area (TPSA) is 59.9 Å². The normalized spacial score (nSPS) is 13.8. The standard InChI is InChI=1S/C27H30N2O3S/c1-3-32-25-19(12-11-16-22(25)31-2)18-28-27-24(26(30)29-20-13-7-6-8-14-20)21-15-9-4-5-10-17-23(21)33-27/h6-8,11-14,16,18H,3-5,9-10,15,17H2,1-2H3,(H,29,30). The van der Waals surface area contributed by atoms with Gasteiger partial charge in [0, 0.05) is 22.3 Å². The summed E-state index contributed by atoms with van der Waals surface area (Å²) in [4.78, 5) is 19.5. The van der Waals surface area contributed by atoms with Crippen LogP contribution in [0.5, 0.6) is 11.5 Å². The quantitative estimate of drug-likeness (QED) is 0.392. The molecule has 2 aromatic carbocycles. The van der Waals surface area contributed by atoms with Gasteiger partial charge in [-0.25, -0.2) is 4.99 Å². The molecule has 1 N–H and O–H groups in total. The van der Waals surface area contributed by atoms with Crippen molar-refractivity contribution in [3.63, 3.8) is 0 Å². The maximum absolute atomic E-state index is 13.4. The molecule has 1 amide bonds. The number of methoxy groups -OCH3 is 1. The van der Waals surface area contributed by atoms with Crippen molar-refractivity contribution < 1.29 is 14.3 Å². The zero-order chi connectivity index (χ0) is 23.0. The molecule has 1 heterocycles. The fourth-order valence-corrected chi connectivity index (χ4v) is 5.40. The van der Waals surface area contributed by atoms with E-state index in [1.165, 1.54) is 17.7 Å². The lowest BCUT2D eigenvalue weighted by molar-refractivity contribution is 0.102. The molecule has 0 unspecified atom stereocenters. The first-order valence-corrected chi connectivity index (χ1v) is 12.4. The van der Waals surface area contributed by atoms with Crippen LogP contribution >= 0.6 is 11.3 Å². The second-order valence-electron chi connectivity index (χ2n) is 7.99. The highest BCUT2D eigenvalue weighted by molar-refractivity contribution is 7.16. The lowest BCUT2D eigenvalue weighted by Gasteiger charge is -2.12. The van der Waals surface area contributed by atoms with Gasteiger partial charge in [0.2, 0.25) is 0 Å². The van der Waals surface area contributed by atoms with Crippen LogP contribution in [0.1, 0.15) is 59.0 Å². The van der Waals surface area contributed by atoms with Crippen LogP contribution in [0.15, 0.2) is 53.5 Å². The Labute approximate surface area is 199 Å². The average molecular weight is 463 g/mol. The molecule has 5 nitrogen and oxygen atoms in total. The van der Waals surface area contributed by atoms with Gasteiger partial charge in [0.05, 0.1) is 19.3 Å². The molecule has 0 bridgehead atoms. The molecule has 0 fully saturated rings. The monoisotopic (exact) mass is 462 g/mol. The minimum absolute atomic E-state index is 0.0953. The molecule has 0 saturated heterocycles. The van der Waals surface area contributed by atoms with Gasteiger partial charge in [-0.3, -0.25) is 4.79 Å². The summed E-state index contributed by atoms with van der Waals surface area (Å²) in [5, 5.41) is 3.82. The summed E-state index contributed by atoms with van der Waals surface area (Å²) < 4.78 is 11.3. The van der Waals surface area contributed by atoms with E-state index in [9.17, 15) is 4.79 Å². The maximum Gasteiger partial charge on any atom is 0.259 e. The number of fused-ring (bicyclic) bond motifs is 1. The number of para-hydroxylation sites is 2. The third-order valence-corrected chi connectivity index (χ3v) is 6.95. The lowest BCUT2D eigenvalue weighted by atomic mass is 9.96. The molecule has 0 aliphatic heterocycles. The van der Waals surface area contributed by atoms with E-state index in [0.717, 1.165) is 47.5 Å². The number of nitrogens with zero attached hydrogens (tertiary/aromatic N) is 1. The van der Waals surface area contributed by atoms with Crippen LogP contribution in [0.2, 0.25) is 0 Å². The zero-order valence-electron chi connectivity index (χ0n) is 19.2. The van der Waals surface area contributed by atoms with Gasteiger partial charge < -0.3 is 14.8 Å². The molecule has 0 saturated carbocycles. The Hall–Kier alpha value is -3.12. The van der Waals surface area contributed by atoms with Crippen LogP contribution in [0.3, 0.4) is 0 Å². The van der Waals surface area contributed by atoms with E-state index in [4.69, 9.17) is 14.5 Å². The van der Waals surface area contributed by atoms with Crippen LogP contribution in [-0.2, 0) is 12.8 Å². The number of benzene rings is 2. The number of carbonyl (C=O) groups excluding carboxylic acids is 1. The van der Waals surface area contributed by atoms with Crippen molar-refractivity contribution in [2.75, 3.05) is 19.0 Å². The van der Waals surface area contributed by atoms with Crippen LogP contribution in [0.25, 0.3) is 0 Å².